The van der Waals surface area contributed by atoms with E-state index in [0.29, 0.717) is 5.69 Å². The normalized spacial score (nSPS) is 11.2. The molecule has 0 spiro atoms. The molecule has 0 unspecified atom stereocenters. The first-order valence-electron chi connectivity index (χ1n) is 7.75. The minimum absolute atomic E-state index is 0.197. The van der Waals surface area contributed by atoms with E-state index in [-0.39, 0.29) is 10.6 Å². The number of benzene rings is 1. The smallest absolute Gasteiger partial charge is 0.274 e. The highest BCUT2D eigenvalue weighted by molar-refractivity contribution is 7.90. The Morgan fingerprint density at radius 3 is 2.52 bits per heavy atom. The summed E-state index contributed by atoms with van der Waals surface area (Å²) in [6, 6.07) is 13.3. The molecule has 0 saturated heterocycles. The summed E-state index contributed by atoms with van der Waals surface area (Å²) in [6.45, 7) is 2.01. The molecule has 0 bridgehead atoms. The van der Waals surface area contributed by atoms with Crippen molar-refractivity contribution in [2.24, 2.45) is 0 Å². The standard InChI is InChI=1S/C18H17N3O3S/c1-2-14-6-8-16(9-7-14)25(23,24)21-12-10-15(13-21)20-18(22)17-5-3-4-11-19-17/h3-13H,2H2,1H3,(H,20,22). The lowest BCUT2D eigenvalue weighted by Gasteiger charge is -2.06. The number of hydrogen-bond acceptors (Lipinski definition) is 4. The van der Waals surface area contributed by atoms with Crippen molar-refractivity contribution in [1.82, 2.24) is 8.96 Å². The lowest BCUT2D eigenvalue weighted by molar-refractivity contribution is 0.102. The van der Waals surface area contributed by atoms with E-state index in [1.807, 2.05) is 6.92 Å². The molecule has 2 heterocycles. The van der Waals surface area contributed by atoms with E-state index >= 15 is 0 Å². The van der Waals surface area contributed by atoms with Crippen molar-refractivity contribution >= 4 is 21.6 Å². The number of pyridine rings is 1. The molecule has 1 aromatic carbocycles. The Morgan fingerprint density at radius 1 is 1.12 bits per heavy atom. The molecule has 2 aromatic heterocycles. The summed E-state index contributed by atoms with van der Waals surface area (Å²) in [5, 5.41) is 2.63. The van der Waals surface area contributed by atoms with Crippen LogP contribution in [0, 0.1) is 0 Å². The number of hydrogen-bond donors (Lipinski definition) is 1. The second-order valence-corrected chi connectivity index (χ2v) is 7.24. The number of carbonyl (C=O) groups excluding carboxylic acids is 1. The van der Waals surface area contributed by atoms with Crippen molar-refractivity contribution in [2.75, 3.05) is 5.32 Å². The van der Waals surface area contributed by atoms with E-state index in [9.17, 15) is 13.2 Å². The Bertz CT molecular complexity index is 978. The zero-order valence-corrected chi connectivity index (χ0v) is 14.4. The molecule has 0 aliphatic carbocycles. The van der Waals surface area contributed by atoms with Gasteiger partial charge in [-0.05, 0) is 42.3 Å². The van der Waals surface area contributed by atoms with Gasteiger partial charge in [-0.25, -0.2) is 12.4 Å². The number of nitrogens with one attached hydrogen (secondary N) is 1. The van der Waals surface area contributed by atoms with Crippen molar-refractivity contribution in [2.45, 2.75) is 18.2 Å². The van der Waals surface area contributed by atoms with Crippen molar-refractivity contribution in [3.05, 3.63) is 78.4 Å². The van der Waals surface area contributed by atoms with Crippen LogP contribution in [-0.2, 0) is 16.4 Å². The summed E-state index contributed by atoms with van der Waals surface area (Å²) in [4.78, 5) is 16.2. The molecular formula is C18H17N3O3S. The molecular weight excluding hydrogens is 338 g/mol. The summed E-state index contributed by atoms with van der Waals surface area (Å²) < 4.78 is 26.4. The quantitative estimate of drug-likeness (QED) is 0.763. The molecule has 25 heavy (non-hydrogen) atoms. The van der Waals surface area contributed by atoms with E-state index in [4.69, 9.17) is 0 Å². The molecule has 128 valence electrons. The van der Waals surface area contributed by atoms with Crippen LogP contribution in [0.2, 0.25) is 0 Å². The molecule has 0 radical (unpaired) electrons. The highest BCUT2D eigenvalue weighted by atomic mass is 32.2. The molecule has 1 N–H and O–H groups in total. The highest BCUT2D eigenvalue weighted by Crippen LogP contribution is 2.18. The number of amides is 1. The van der Waals surface area contributed by atoms with Crippen LogP contribution in [-0.4, -0.2) is 23.3 Å². The number of carbonyl (C=O) groups is 1. The maximum Gasteiger partial charge on any atom is 0.274 e. The molecule has 0 fully saturated rings. The first-order valence-corrected chi connectivity index (χ1v) is 9.19. The van der Waals surface area contributed by atoms with Crippen molar-refractivity contribution < 1.29 is 13.2 Å². The largest absolute Gasteiger partial charge is 0.319 e. The average Bonchev–Trinajstić information content (AvgIpc) is 3.12. The Labute approximate surface area is 146 Å². The van der Waals surface area contributed by atoms with Gasteiger partial charge in [0, 0.05) is 18.6 Å². The van der Waals surface area contributed by atoms with Crippen LogP contribution >= 0.6 is 0 Å². The third kappa shape index (κ3) is 3.61. The van der Waals surface area contributed by atoms with Crippen LogP contribution < -0.4 is 5.32 Å². The Morgan fingerprint density at radius 2 is 1.88 bits per heavy atom. The van der Waals surface area contributed by atoms with E-state index in [1.54, 1.807) is 42.5 Å². The van der Waals surface area contributed by atoms with Crippen molar-refractivity contribution in [3.8, 4) is 0 Å². The lowest BCUT2D eigenvalue weighted by Crippen LogP contribution is -2.14. The topological polar surface area (TPSA) is 81.1 Å². The summed E-state index contributed by atoms with van der Waals surface area (Å²) in [5.74, 6) is -0.400. The van der Waals surface area contributed by atoms with Crippen molar-refractivity contribution in [3.63, 3.8) is 0 Å². The SMILES string of the molecule is CCc1ccc(S(=O)(=O)n2ccc(NC(=O)c3ccccn3)c2)cc1. The van der Waals surface area contributed by atoms with Gasteiger partial charge in [-0.1, -0.05) is 25.1 Å². The van der Waals surface area contributed by atoms with E-state index < -0.39 is 15.9 Å². The van der Waals surface area contributed by atoms with E-state index in [2.05, 4.69) is 10.3 Å². The van der Waals surface area contributed by atoms with Gasteiger partial charge in [0.2, 0.25) is 0 Å². The summed E-state index contributed by atoms with van der Waals surface area (Å²) in [6.07, 6.45) is 5.12. The molecule has 0 saturated carbocycles. The molecule has 3 rings (SSSR count). The Hall–Kier alpha value is -2.93. The molecule has 7 heteroatoms. The maximum atomic E-state index is 12.6. The van der Waals surface area contributed by atoms with Crippen LogP contribution in [0.3, 0.4) is 0 Å². The van der Waals surface area contributed by atoms with E-state index in [1.165, 1.54) is 24.7 Å². The third-order valence-electron chi connectivity index (χ3n) is 3.73. The fraction of sp³-hybridized carbons (Fsp3) is 0.111. The minimum Gasteiger partial charge on any atom is -0.319 e. The third-order valence-corrected chi connectivity index (χ3v) is 5.38. The van der Waals surface area contributed by atoms with Gasteiger partial charge in [-0.2, -0.15) is 0 Å². The summed E-state index contributed by atoms with van der Waals surface area (Å²) in [7, 11) is -3.69. The molecule has 0 aliphatic rings. The second-order valence-electron chi connectivity index (χ2n) is 5.40. The van der Waals surface area contributed by atoms with Crippen LogP contribution in [0.1, 0.15) is 23.0 Å². The molecule has 6 nitrogen and oxygen atoms in total. The average molecular weight is 355 g/mol. The molecule has 3 aromatic rings. The van der Waals surface area contributed by atoms with Crippen LogP contribution in [0.4, 0.5) is 5.69 Å². The number of anilines is 1. The van der Waals surface area contributed by atoms with Gasteiger partial charge in [-0.15, -0.1) is 0 Å². The van der Waals surface area contributed by atoms with Gasteiger partial charge < -0.3 is 5.32 Å². The summed E-state index contributed by atoms with van der Waals surface area (Å²) >= 11 is 0. The Kier molecular flexibility index (Phi) is 4.67. The fourth-order valence-corrected chi connectivity index (χ4v) is 3.51. The van der Waals surface area contributed by atoms with Gasteiger partial charge in [-0.3, -0.25) is 9.78 Å². The molecule has 0 atom stereocenters. The van der Waals surface area contributed by atoms with Crippen LogP contribution in [0.15, 0.2) is 72.0 Å². The first-order chi connectivity index (χ1) is 12.0. The zero-order valence-electron chi connectivity index (χ0n) is 13.6. The minimum atomic E-state index is -3.69. The Balaban J connectivity index is 1.81. The maximum absolute atomic E-state index is 12.6. The van der Waals surface area contributed by atoms with Gasteiger partial charge in [0.25, 0.3) is 15.9 Å². The van der Waals surface area contributed by atoms with Gasteiger partial charge in [0.1, 0.15) is 5.69 Å². The summed E-state index contributed by atoms with van der Waals surface area (Å²) in [5.41, 5.74) is 1.70. The first kappa shape index (κ1) is 16.9. The fourth-order valence-electron chi connectivity index (χ4n) is 2.31. The molecule has 1 amide bonds. The number of nitrogens with zero attached hydrogens (tertiary/aromatic N) is 2. The monoisotopic (exact) mass is 355 g/mol. The predicted octanol–water partition coefficient (Wildman–Crippen LogP) is 2.93. The van der Waals surface area contributed by atoms with E-state index in [0.717, 1.165) is 16.0 Å². The zero-order chi connectivity index (χ0) is 17.9. The molecule has 0 aliphatic heterocycles. The van der Waals surface area contributed by atoms with Gasteiger partial charge in [0.15, 0.2) is 0 Å². The van der Waals surface area contributed by atoms with Crippen LogP contribution in [0.5, 0.6) is 0 Å². The van der Waals surface area contributed by atoms with Crippen LogP contribution in [0.25, 0.3) is 0 Å². The number of aromatic nitrogens is 2. The number of rotatable bonds is 5. The highest BCUT2D eigenvalue weighted by Gasteiger charge is 2.17. The van der Waals surface area contributed by atoms with Gasteiger partial charge >= 0.3 is 0 Å². The number of aryl methyl sites for hydroxylation is 1. The lowest BCUT2D eigenvalue weighted by atomic mass is 10.2. The van der Waals surface area contributed by atoms with Gasteiger partial charge in [0.05, 0.1) is 10.6 Å². The predicted molar refractivity (Wildman–Crippen MR) is 95.0 cm³/mol. The van der Waals surface area contributed by atoms with Crippen molar-refractivity contribution in [1.29, 1.82) is 0 Å². The second kappa shape index (κ2) is 6.90.